The van der Waals surface area contributed by atoms with Crippen LogP contribution in [-0.4, -0.2) is 47.8 Å². The maximum absolute atomic E-state index is 13.0. The first-order valence-electron chi connectivity index (χ1n) is 11.9. The van der Waals surface area contributed by atoms with E-state index in [-0.39, 0.29) is 23.7 Å². The molecule has 2 fully saturated rings. The van der Waals surface area contributed by atoms with E-state index in [9.17, 15) is 9.59 Å². The number of nitrogens with zero attached hydrogens (tertiary/aromatic N) is 2. The fourth-order valence-corrected chi connectivity index (χ4v) is 6.14. The van der Waals surface area contributed by atoms with Gasteiger partial charge in [0.15, 0.2) is 0 Å². The van der Waals surface area contributed by atoms with E-state index in [1.165, 1.54) is 10.5 Å². The van der Waals surface area contributed by atoms with Gasteiger partial charge in [0, 0.05) is 43.9 Å². The van der Waals surface area contributed by atoms with Crippen molar-refractivity contribution in [1.82, 2.24) is 9.80 Å². The fourth-order valence-electron chi connectivity index (χ4n) is 4.41. The smallest absolute Gasteiger partial charge is 0.226 e. The zero-order chi connectivity index (χ0) is 25.0. The summed E-state index contributed by atoms with van der Waals surface area (Å²) in [5, 5.41) is 1.11. The minimum Gasteiger partial charge on any atom is -0.339 e. The summed E-state index contributed by atoms with van der Waals surface area (Å²) >= 11 is 15.1. The van der Waals surface area contributed by atoms with Crippen molar-refractivity contribution in [3.8, 4) is 0 Å². The van der Waals surface area contributed by atoms with Gasteiger partial charge in [-0.05, 0) is 54.2 Å². The van der Waals surface area contributed by atoms with Crippen LogP contribution < -0.4 is 0 Å². The molecule has 34 heavy (non-hydrogen) atoms. The molecular weight excluding hydrogens is 487 g/mol. The summed E-state index contributed by atoms with van der Waals surface area (Å²) in [4.78, 5) is 30.3. The first-order chi connectivity index (χ1) is 16.1. The number of amides is 2. The number of hydrogen-bond acceptors (Lipinski definition) is 3. The molecule has 1 saturated carbocycles. The van der Waals surface area contributed by atoms with Crippen molar-refractivity contribution in [3.63, 3.8) is 0 Å². The largest absolute Gasteiger partial charge is 0.339 e. The maximum atomic E-state index is 13.0. The van der Waals surface area contributed by atoms with Crippen LogP contribution in [0.2, 0.25) is 10.0 Å². The summed E-state index contributed by atoms with van der Waals surface area (Å²) in [7, 11) is 0. The lowest BCUT2D eigenvalue weighted by Crippen LogP contribution is -2.50. The SMILES string of the molecule is C\C=C/C=C\C(=C(/C)Sc1ccc(C2CC2C(=O)N2CCN(C(C)=O)CC2)c(Cl)c1Cl)C(C)C. The van der Waals surface area contributed by atoms with E-state index in [0.717, 1.165) is 16.9 Å². The highest BCUT2D eigenvalue weighted by Crippen LogP contribution is 2.53. The first kappa shape index (κ1) is 26.9. The van der Waals surface area contributed by atoms with Crippen LogP contribution in [-0.2, 0) is 9.59 Å². The molecule has 2 atom stereocenters. The van der Waals surface area contributed by atoms with Gasteiger partial charge >= 0.3 is 0 Å². The topological polar surface area (TPSA) is 40.6 Å². The van der Waals surface area contributed by atoms with Crippen molar-refractivity contribution in [2.45, 2.75) is 51.9 Å². The second-order valence-corrected chi connectivity index (χ2v) is 11.2. The molecule has 0 bridgehead atoms. The zero-order valence-corrected chi connectivity index (χ0v) is 22.9. The van der Waals surface area contributed by atoms with Crippen LogP contribution in [0.3, 0.4) is 0 Å². The molecule has 3 rings (SSSR count). The molecule has 0 radical (unpaired) electrons. The highest BCUT2D eigenvalue weighted by Gasteiger charge is 2.47. The lowest BCUT2D eigenvalue weighted by Gasteiger charge is -2.34. The van der Waals surface area contributed by atoms with Gasteiger partial charge in [-0.15, -0.1) is 0 Å². The molecule has 2 aliphatic rings. The van der Waals surface area contributed by atoms with Crippen LogP contribution in [0.15, 0.2) is 51.8 Å². The van der Waals surface area contributed by atoms with E-state index in [4.69, 9.17) is 23.2 Å². The summed E-state index contributed by atoms with van der Waals surface area (Å²) in [6.45, 7) is 12.4. The summed E-state index contributed by atoms with van der Waals surface area (Å²) < 4.78 is 0. The van der Waals surface area contributed by atoms with E-state index in [2.05, 4.69) is 32.9 Å². The molecular formula is C27H34Cl2N2O2S. The van der Waals surface area contributed by atoms with Gasteiger partial charge in [0.25, 0.3) is 0 Å². The Kier molecular flexibility index (Phi) is 9.36. The Bertz CT molecular complexity index is 1020. The summed E-state index contributed by atoms with van der Waals surface area (Å²) in [6.07, 6.45) is 9.03. The Balaban J connectivity index is 1.70. The van der Waals surface area contributed by atoms with Gasteiger partial charge in [0.2, 0.25) is 11.8 Å². The molecule has 2 unspecified atom stereocenters. The molecule has 1 aromatic carbocycles. The standard InChI is InChI=1S/C27H34Cl2N2O2S/c1-6-7-8-9-20(17(2)3)18(4)34-24-11-10-21(25(28)26(24)29)22-16-23(22)27(33)31-14-12-30(13-15-31)19(5)32/h6-11,17,22-23H,12-16H2,1-5H3/b7-6-,9-8-,20-18-. The van der Waals surface area contributed by atoms with E-state index in [1.807, 2.05) is 36.1 Å². The van der Waals surface area contributed by atoms with E-state index in [0.29, 0.717) is 42.1 Å². The molecule has 0 aromatic heterocycles. The molecule has 0 spiro atoms. The number of halogens is 2. The van der Waals surface area contributed by atoms with Gasteiger partial charge < -0.3 is 9.80 Å². The quantitative estimate of drug-likeness (QED) is 0.288. The number of benzene rings is 1. The second-order valence-electron chi connectivity index (χ2n) is 9.21. The van der Waals surface area contributed by atoms with E-state index < -0.39 is 0 Å². The summed E-state index contributed by atoms with van der Waals surface area (Å²) in [5.74, 6) is 0.663. The Hall–Kier alpha value is -1.69. The van der Waals surface area contributed by atoms with Crippen LogP contribution in [0.5, 0.6) is 0 Å². The number of rotatable bonds is 7. The van der Waals surface area contributed by atoms with Crippen LogP contribution in [0.25, 0.3) is 0 Å². The Labute approximate surface area is 218 Å². The third kappa shape index (κ3) is 6.30. The van der Waals surface area contributed by atoms with Crippen molar-refractivity contribution in [2.75, 3.05) is 26.2 Å². The minimum absolute atomic E-state index is 0.0538. The van der Waals surface area contributed by atoms with Crippen LogP contribution >= 0.6 is 35.0 Å². The Morgan fingerprint density at radius 3 is 2.26 bits per heavy atom. The van der Waals surface area contributed by atoms with Gasteiger partial charge in [0.05, 0.1) is 10.0 Å². The molecule has 2 amide bonds. The average molecular weight is 522 g/mol. The van der Waals surface area contributed by atoms with E-state index >= 15 is 0 Å². The number of thioether (sulfide) groups is 1. The molecule has 1 aliphatic carbocycles. The predicted molar refractivity (Wildman–Crippen MR) is 143 cm³/mol. The van der Waals surface area contributed by atoms with Crippen molar-refractivity contribution in [2.24, 2.45) is 11.8 Å². The van der Waals surface area contributed by atoms with Gasteiger partial charge in [-0.1, -0.05) is 79.2 Å². The summed E-state index contributed by atoms with van der Waals surface area (Å²) in [6, 6.07) is 4.05. The highest BCUT2D eigenvalue weighted by atomic mass is 35.5. The molecule has 1 aromatic rings. The molecule has 7 heteroatoms. The first-order valence-corrected chi connectivity index (χ1v) is 13.4. The number of carbonyl (C=O) groups excluding carboxylic acids is 2. The van der Waals surface area contributed by atoms with Crippen molar-refractivity contribution < 1.29 is 9.59 Å². The predicted octanol–water partition coefficient (Wildman–Crippen LogP) is 6.94. The lowest BCUT2D eigenvalue weighted by atomic mass is 10.0. The van der Waals surface area contributed by atoms with Crippen molar-refractivity contribution in [1.29, 1.82) is 0 Å². The van der Waals surface area contributed by atoms with Crippen LogP contribution in [0.4, 0.5) is 0 Å². The van der Waals surface area contributed by atoms with Gasteiger partial charge in [0.1, 0.15) is 0 Å². The molecule has 184 valence electrons. The van der Waals surface area contributed by atoms with Crippen molar-refractivity contribution in [3.05, 3.63) is 62.5 Å². The molecule has 1 heterocycles. The summed E-state index contributed by atoms with van der Waals surface area (Å²) in [5.41, 5.74) is 2.22. The van der Waals surface area contributed by atoms with Gasteiger partial charge in [-0.25, -0.2) is 0 Å². The molecule has 1 aliphatic heterocycles. The van der Waals surface area contributed by atoms with Gasteiger partial charge in [-0.2, -0.15) is 0 Å². The molecule has 0 N–H and O–H groups in total. The number of allylic oxidation sites excluding steroid dienone is 6. The Morgan fingerprint density at radius 1 is 1.03 bits per heavy atom. The highest BCUT2D eigenvalue weighted by molar-refractivity contribution is 8.03. The minimum atomic E-state index is -0.0538. The van der Waals surface area contributed by atoms with Crippen molar-refractivity contribution >= 4 is 46.8 Å². The number of carbonyl (C=O) groups is 2. The molecule has 1 saturated heterocycles. The normalized spacial score (nSPS) is 21.5. The maximum Gasteiger partial charge on any atom is 0.226 e. The molecule has 4 nitrogen and oxygen atoms in total. The second kappa shape index (κ2) is 11.8. The third-order valence-corrected chi connectivity index (χ3v) is 8.60. The lowest BCUT2D eigenvalue weighted by molar-refractivity contribution is -0.139. The zero-order valence-electron chi connectivity index (χ0n) is 20.6. The van der Waals surface area contributed by atoms with E-state index in [1.54, 1.807) is 23.6 Å². The number of piperazine rings is 1. The third-order valence-electron chi connectivity index (χ3n) is 6.49. The Morgan fingerprint density at radius 2 is 1.68 bits per heavy atom. The average Bonchev–Trinajstić information content (AvgIpc) is 3.59. The van der Waals surface area contributed by atoms with Gasteiger partial charge in [-0.3, -0.25) is 9.59 Å². The fraction of sp³-hybridized carbons (Fsp3) is 0.481. The monoisotopic (exact) mass is 520 g/mol. The van der Waals surface area contributed by atoms with Crippen LogP contribution in [0, 0.1) is 11.8 Å². The van der Waals surface area contributed by atoms with Crippen LogP contribution in [0.1, 0.15) is 52.5 Å². The number of hydrogen-bond donors (Lipinski definition) is 0.